The van der Waals surface area contributed by atoms with Crippen LogP contribution in [-0.4, -0.2) is 26.7 Å². The highest BCUT2D eigenvalue weighted by Gasteiger charge is 2.24. The summed E-state index contributed by atoms with van der Waals surface area (Å²) in [5, 5.41) is 0. The monoisotopic (exact) mass is 297 g/mol. The normalized spacial score (nSPS) is 12.9. The minimum atomic E-state index is 0.108. The Morgan fingerprint density at radius 2 is 1.86 bits per heavy atom. The van der Waals surface area contributed by atoms with Crippen molar-refractivity contribution >= 4 is 11.6 Å². The summed E-state index contributed by atoms with van der Waals surface area (Å²) in [6.45, 7) is 0.755. The van der Waals surface area contributed by atoms with Gasteiger partial charge in [0.15, 0.2) is 11.5 Å². The first-order valence-electron chi connectivity index (χ1n) is 7.32. The minimum absolute atomic E-state index is 0.108. The molecule has 1 aliphatic heterocycles. The lowest BCUT2D eigenvalue weighted by atomic mass is 10.1. The number of hydrogen-bond donors (Lipinski definition) is 0. The highest BCUT2D eigenvalue weighted by Crippen LogP contribution is 2.30. The molecule has 1 amide bonds. The Balaban J connectivity index is 1.78. The number of hydrogen-bond acceptors (Lipinski definition) is 3. The molecule has 2 aromatic rings. The van der Waals surface area contributed by atoms with Crippen LogP contribution in [0.25, 0.3) is 0 Å². The summed E-state index contributed by atoms with van der Waals surface area (Å²) >= 11 is 0. The van der Waals surface area contributed by atoms with Gasteiger partial charge in [0.05, 0.1) is 20.6 Å². The van der Waals surface area contributed by atoms with Gasteiger partial charge in [-0.05, 0) is 35.7 Å². The molecule has 3 rings (SSSR count). The molecule has 0 atom stereocenters. The number of fused-ring (bicyclic) bond motifs is 1. The number of carbonyl (C=O) groups is 1. The van der Waals surface area contributed by atoms with Crippen LogP contribution >= 0.6 is 0 Å². The standard InChI is InChI=1S/C18H19NO3/c1-21-16-8-7-13(11-17(16)22-2)12-18(20)19-10-9-14-5-3-4-6-15(14)19/h3-8,11H,9-10,12H2,1-2H3. The molecule has 1 aliphatic rings. The molecule has 22 heavy (non-hydrogen) atoms. The van der Waals surface area contributed by atoms with E-state index in [0.29, 0.717) is 17.9 Å². The smallest absolute Gasteiger partial charge is 0.231 e. The number of amides is 1. The van der Waals surface area contributed by atoms with E-state index >= 15 is 0 Å². The molecule has 1 heterocycles. The van der Waals surface area contributed by atoms with E-state index in [2.05, 4.69) is 6.07 Å². The van der Waals surface area contributed by atoms with Gasteiger partial charge >= 0.3 is 0 Å². The van der Waals surface area contributed by atoms with Gasteiger partial charge in [-0.1, -0.05) is 24.3 Å². The van der Waals surface area contributed by atoms with Crippen molar-refractivity contribution < 1.29 is 14.3 Å². The minimum Gasteiger partial charge on any atom is -0.493 e. The fourth-order valence-electron chi connectivity index (χ4n) is 2.86. The Morgan fingerprint density at radius 3 is 2.64 bits per heavy atom. The third-order valence-electron chi connectivity index (χ3n) is 3.99. The van der Waals surface area contributed by atoms with E-state index in [1.165, 1.54) is 5.56 Å². The predicted molar refractivity (Wildman–Crippen MR) is 85.7 cm³/mol. The molecule has 4 nitrogen and oxygen atoms in total. The van der Waals surface area contributed by atoms with Gasteiger partial charge in [0.25, 0.3) is 0 Å². The predicted octanol–water partition coefficient (Wildman–Crippen LogP) is 2.84. The third kappa shape index (κ3) is 2.64. The van der Waals surface area contributed by atoms with Crippen LogP contribution in [0.15, 0.2) is 42.5 Å². The second kappa shape index (κ2) is 6.10. The van der Waals surface area contributed by atoms with Gasteiger partial charge in [0.1, 0.15) is 0 Å². The summed E-state index contributed by atoms with van der Waals surface area (Å²) in [7, 11) is 3.20. The molecule has 0 N–H and O–H groups in total. The zero-order valence-electron chi connectivity index (χ0n) is 12.8. The van der Waals surface area contributed by atoms with Gasteiger partial charge in [0.2, 0.25) is 5.91 Å². The van der Waals surface area contributed by atoms with Gasteiger partial charge < -0.3 is 14.4 Å². The molecule has 0 saturated heterocycles. The van der Waals surface area contributed by atoms with E-state index in [4.69, 9.17) is 9.47 Å². The van der Waals surface area contributed by atoms with Crippen molar-refractivity contribution in [3.05, 3.63) is 53.6 Å². The van der Waals surface area contributed by atoms with E-state index in [1.54, 1.807) is 14.2 Å². The maximum Gasteiger partial charge on any atom is 0.231 e. The Bertz CT molecular complexity index is 696. The van der Waals surface area contributed by atoms with Crippen molar-refractivity contribution in [2.24, 2.45) is 0 Å². The van der Waals surface area contributed by atoms with Crippen LogP contribution < -0.4 is 14.4 Å². The van der Waals surface area contributed by atoms with E-state index < -0.39 is 0 Å². The maximum absolute atomic E-state index is 12.6. The molecule has 4 heteroatoms. The number of methoxy groups -OCH3 is 2. The maximum atomic E-state index is 12.6. The zero-order valence-corrected chi connectivity index (χ0v) is 12.8. The lowest BCUT2D eigenvalue weighted by Gasteiger charge is -2.17. The van der Waals surface area contributed by atoms with Crippen molar-refractivity contribution in [3.63, 3.8) is 0 Å². The SMILES string of the molecule is COc1ccc(CC(=O)N2CCc3ccccc32)cc1OC. The summed E-state index contributed by atoms with van der Waals surface area (Å²) in [5.41, 5.74) is 3.20. The molecular formula is C18H19NO3. The molecule has 0 radical (unpaired) electrons. The number of nitrogens with zero attached hydrogens (tertiary/aromatic N) is 1. The van der Waals surface area contributed by atoms with Gasteiger partial charge in [-0.2, -0.15) is 0 Å². The van der Waals surface area contributed by atoms with E-state index in [9.17, 15) is 4.79 Å². The van der Waals surface area contributed by atoms with Crippen LogP contribution in [-0.2, 0) is 17.6 Å². The summed E-state index contributed by atoms with van der Waals surface area (Å²) in [4.78, 5) is 14.5. The van der Waals surface area contributed by atoms with Crippen molar-refractivity contribution in [1.82, 2.24) is 0 Å². The first-order chi connectivity index (χ1) is 10.7. The zero-order chi connectivity index (χ0) is 15.5. The number of para-hydroxylation sites is 1. The van der Waals surface area contributed by atoms with Crippen molar-refractivity contribution in [1.29, 1.82) is 0 Å². The average Bonchev–Trinajstić information content (AvgIpc) is 2.98. The van der Waals surface area contributed by atoms with Crippen LogP contribution in [0.2, 0.25) is 0 Å². The van der Waals surface area contributed by atoms with Crippen LogP contribution in [0.3, 0.4) is 0 Å². The first-order valence-corrected chi connectivity index (χ1v) is 7.32. The summed E-state index contributed by atoms with van der Waals surface area (Å²) in [5.74, 6) is 1.43. The number of anilines is 1. The van der Waals surface area contributed by atoms with E-state index in [1.807, 2.05) is 41.3 Å². The molecule has 0 spiro atoms. The Labute approximate surface area is 130 Å². The number of rotatable bonds is 4. The third-order valence-corrected chi connectivity index (χ3v) is 3.99. The van der Waals surface area contributed by atoms with Gasteiger partial charge in [0, 0.05) is 12.2 Å². The molecule has 0 aromatic heterocycles. The second-order valence-electron chi connectivity index (χ2n) is 5.29. The summed E-state index contributed by atoms with van der Waals surface area (Å²) in [6, 6.07) is 13.7. The highest BCUT2D eigenvalue weighted by atomic mass is 16.5. The van der Waals surface area contributed by atoms with Crippen LogP contribution in [0.4, 0.5) is 5.69 Å². The topological polar surface area (TPSA) is 38.8 Å². The Morgan fingerprint density at radius 1 is 1.09 bits per heavy atom. The quantitative estimate of drug-likeness (QED) is 0.871. The average molecular weight is 297 g/mol. The van der Waals surface area contributed by atoms with Crippen LogP contribution in [0.1, 0.15) is 11.1 Å². The molecule has 0 fully saturated rings. The second-order valence-corrected chi connectivity index (χ2v) is 5.29. The lowest BCUT2D eigenvalue weighted by Crippen LogP contribution is -2.30. The van der Waals surface area contributed by atoms with Crippen molar-refractivity contribution in [2.75, 3.05) is 25.7 Å². The van der Waals surface area contributed by atoms with Gasteiger partial charge in [-0.15, -0.1) is 0 Å². The summed E-state index contributed by atoms with van der Waals surface area (Å²) < 4.78 is 10.5. The van der Waals surface area contributed by atoms with Crippen molar-refractivity contribution in [3.8, 4) is 11.5 Å². The highest BCUT2D eigenvalue weighted by molar-refractivity contribution is 5.96. The number of benzene rings is 2. The molecule has 114 valence electrons. The van der Waals surface area contributed by atoms with Gasteiger partial charge in [-0.3, -0.25) is 4.79 Å². The van der Waals surface area contributed by atoms with Crippen LogP contribution in [0, 0.1) is 0 Å². The number of carbonyl (C=O) groups excluding carboxylic acids is 1. The molecule has 0 saturated carbocycles. The molecule has 2 aromatic carbocycles. The lowest BCUT2D eigenvalue weighted by molar-refractivity contribution is -0.117. The van der Waals surface area contributed by atoms with Crippen molar-refractivity contribution in [2.45, 2.75) is 12.8 Å². The largest absolute Gasteiger partial charge is 0.493 e. The Kier molecular flexibility index (Phi) is 4.00. The van der Waals surface area contributed by atoms with Crippen LogP contribution in [0.5, 0.6) is 11.5 Å². The number of ether oxygens (including phenoxy) is 2. The summed E-state index contributed by atoms with van der Waals surface area (Å²) in [6.07, 6.45) is 1.28. The molecule has 0 aliphatic carbocycles. The first kappa shape index (κ1) is 14.4. The molecule has 0 bridgehead atoms. The fourth-order valence-corrected chi connectivity index (χ4v) is 2.86. The Hall–Kier alpha value is -2.49. The fraction of sp³-hybridized carbons (Fsp3) is 0.278. The molecule has 0 unspecified atom stereocenters. The molecular weight excluding hydrogens is 278 g/mol. The van der Waals surface area contributed by atoms with E-state index in [0.717, 1.165) is 24.2 Å². The van der Waals surface area contributed by atoms with E-state index in [-0.39, 0.29) is 5.91 Å². The van der Waals surface area contributed by atoms with Gasteiger partial charge in [-0.25, -0.2) is 0 Å².